The molecule has 0 saturated heterocycles. The van der Waals surface area contributed by atoms with Crippen LogP contribution in [-0.4, -0.2) is 6.72 Å². The summed E-state index contributed by atoms with van der Waals surface area (Å²) in [6.45, 7) is 6.68. The lowest BCUT2D eigenvalue weighted by Crippen LogP contribution is -1.93. The van der Waals surface area contributed by atoms with Crippen LogP contribution in [0.1, 0.15) is 0 Å². The minimum atomic E-state index is 0.361. The van der Waals surface area contributed by atoms with Gasteiger partial charge in [0.25, 0.3) is 0 Å². The molecule has 0 heterocycles. The standard InChI is InChI=1S/C5H7BrN2/c1-3-4(6)5(7)8-2/h3H,1-2,7H2/b5-4-. The number of nitrogens with zero attached hydrogens (tertiary/aromatic N) is 1. The van der Waals surface area contributed by atoms with Gasteiger partial charge in [0, 0.05) is 0 Å². The van der Waals surface area contributed by atoms with E-state index >= 15 is 0 Å². The fourth-order valence-corrected chi connectivity index (χ4v) is 0.305. The Kier molecular flexibility index (Phi) is 3.19. The molecule has 0 fully saturated rings. The first-order valence-electron chi connectivity index (χ1n) is 1.96. The average molecular weight is 175 g/mol. The molecular formula is C5H7BrN2. The van der Waals surface area contributed by atoms with Crippen LogP contribution in [0.4, 0.5) is 0 Å². The van der Waals surface area contributed by atoms with Gasteiger partial charge in [-0.3, -0.25) is 0 Å². The molecule has 0 saturated carbocycles. The molecule has 0 unspecified atom stereocenters. The van der Waals surface area contributed by atoms with E-state index in [2.05, 4.69) is 34.2 Å². The topological polar surface area (TPSA) is 38.4 Å². The maximum absolute atomic E-state index is 5.26. The van der Waals surface area contributed by atoms with Gasteiger partial charge in [-0.2, -0.15) is 0 Å². The van der Waals surface area contributed by atoms with E-state index in [0.29, 0.717) is 10.3 Å². The molecule has 44 valence electrons. The van der Waals surface area contributed by atoms with Crippen molar-refractivity contribution in [2.75, 3.05) is 0 Å². The van der Waals surface area contributed by atoms with Crippen molar-refractivity contribution in [1.82, 2.24) is 0 Å². The van der Waals surface area contributed by atoms with Crippen molar-refractivity contribution < 1.29 is 0 Å². The lowest BCUT2D eigenvalue weighted by atomic mass is 10.5. The van der Waals surface area contributed by atoms with Gasteiger partial charge in [0.05, 0.1) is 4.48 Å². The second kappa shape index (κ2) is 3.43. The number of allylic oxidation sites excluding steroid dienone is 2. The van der Waals surface area contributed by atoms with Crippen LogP contribution in [0.3, 0.4) is 0 Å². The predicted octanol–water partition coefficient (Wildman–Crippen LogP) is 1.40. The molecule has 0 aliphatic carbocycles. The normalized spacial score (nSPS) is 12.1. The molecule has 2 nitrogen and oxygen atoms in total. The van der Waals surface area contributed by atoms with Gasteiger partial charge < -0.3 is 5.73 Å². The van der Waals surface area contributed by atoms with E-state index in [0.717, 1.165) is 0 Å². The van der Waals surface area contributed by atoms with E-state index in [1.54, 1.807) is 6.08 Å². The fraction of sp³-hybridized carbons (Fsp3) is 0. The molecule has 0 aromatic heterocycles. The van der Waals surface area contributed by atoms with Gasteiger partial charge in [-0.05, 0) is 22.6 Å². The highest BCUT2D eigenvalue weighted by molar-refractivity contribution is 9.11. The quantitative estimate of drug-likeness (QED) is 0.499. The molecule has 0 amide bonds. The third-order valence-corrected chi connectivity index (χ3v) is 1.32. The first-order chi connectivity index (χ1) is 3.72. The van der Waals surface area contributed by atoms with E-state index < -0.39 is 0 Å². The molecule has 3 heteroatoms. The number of halogens is 1. The van der Waals surface area contributed by atoms with E-state index in [1.165, 1.54) is 0 Å². The Hall–Kier alpha value is -0.570. The van der Waals surface area contributed by atoms with Crippen molar-refractivity contribution in [1.29, 1.82) is 0 Å². The minimum absolute atomic E-state index is 0.361. The third kappa shape index (κ3) is 1.93. The maximum Gasteiger partial charge on any atom is 0.136 e. The molecule has 0 spiro atoms. The number of rotatable bonds is 2. The summed E-state index contributed by atoms with van der Waals surface area (Å²) in [5, 5.41) is 0. The molecule has 0 aliphatic rings. The summed E-state index contributed by atoms with van der Waals surface area (Å²) >= 11 is 3.11. The number of hydrogen-bond acceptors (Lipinski definition) is 2. The summed E-state index contributed by atoms with van der Waals surface area (Å²) in [6, 6.07) is 0. The Morgan fingerprint density at radius 3 is 2.38 bits per heavy atom. The Balaban J connectivity index is 4.25. The van der Waals surface area contributed by atoms with Crippen LogP contribution in [0.25, 0.3) is 0 Å². The van der Waals surface area contributed by atoms with Crippen molar-refractivity contribution in [2.45, 2.75) is 0 Å². The zero-order chi connectivity index (χ0) is 6.57. The molecule has 0 aromatic rings. The smallest absolute Gasteiger partial charge is 0.136 e. The Morgan fingerprint density at radius 1 is 1.75 bits per heavy atom. The lowest BCUT2D eigenvalue weighted by Gasteiger charge is -1.89. The SMILES string of the molecule is C=C/C(Br)=C(\N)N=C. The zero-order valence-corrected chi connectivity index (χ0v) is 5.98. The van der Waals surface area contributed by atoms with Gasteiger partial charge >= 0.3 is 0 Å². The van der Waals surface area contributed by atoms with Gasteiger partial charge in [0.1, 0.15) is 5.82 Å². The molecule has 0 aromatic carbocycles. The highest BCUT2D eigenvalue weighted by Gasteiger charge is 1.87. The first-order valence-corrected chi connectivity index (χ1v) is 2.76. The van der Waals surface area contributed by atoms with Crippen LogP contribution in [0.15, 0.2) is 28.0 Å². The van der Waals surface area contributed by atoms with Crippen LogP contribution >= 0.6 is 15.9 Å². The molecular weight excluding hydrogens is 168 g/mol. The molecule has 0 aliphatic heterocycles. The van der Waals surface area contributed by atoms with Crippen LogP contribution in [0.5, 0.6) is 0 Å². The fourth-order valence-electron chi connectivity index (χ4n) is 0.180. The Labute approximate surface area is 56.9 Å². The zero-order valence-electron chi connectivity index (χ0n) is 4.39. The Morgan fingerprint density at radius 2 is 2.25 bits per heavy atom. The monoisotopic (exact) mass is 174 g/mol. The summed E-state index contributed by atoms with van der Waals surface area (Å²) < 4.78 is 0.674. The van der Waals surface area contributed by atoms with Crippen LogP contribution in [0.2, 0.25) is 0 Å². The number of aliphatic imine (C=N–C) groups is 1. The van der Waals surface area contributed by atoms with Gasteiger partial charge in [-0.15, -0.1) is 0 Å². The second-order valence-electron chi connectivity index (χ2n) is 1.10. The Bertz CT molecular complexity index is 121. The average Bonchev–Trinajstić information content (AvgIpc) is 1.84. The van der Waals surface area contributed by atoms with Crippen molar-refractivity contribution in [3.63, 3.8) is 0 Å². The highest BCUT2D eigenvalue weighted by Crippen LogP contribution is 2.08. The van der Waals surface area contributed by atoms with Gasteiger partial charge in [-0.1, -0.05) is 12.7 Å². The summed E-state index contributed by atoms with van der Waals surface area (Å²) in [6.07, 6.45) is 1.56. The van der Waals surface area contributed by atoms with Crippen molar-refractivity contribution in [3.05, 3.63) is 23.0 Å². The summed E-state index contributed by atoms with van der Waals surface area (Å²) in [5.41, 5.74) is 5.26. The van der Waals surface area contributed by atoms with Crippen LogP contribution < -0.4 is 5.73 Å². The van der Waals surface area contributed by atoms with Crippen molar-refractivity contribution >= 4 is 22.6 Å². The van der Waals surface area contributed by atoms with Crippen molar-refractivity contribution in [3.8, 4) is 0 Å². The first kappa shape index (κ1) is 7.43. The van der Waals surface area contributed by atoms with Crippen molar-refractivity contribution in [2.24, 2.45) is 10.7 Å². The maximum atomic E-state index is 5.26. The molecule has 0 bridgehead atoms. The second-order valence-corrected chi connectivity index (χ2v) is 1.95. The van der Waals surface area contributed by atoms with Gasteiger partial charge in [0.2, 0.25) is 0 Å². The highest BCUT2D eigenvalue weighted by atomic mass is 79.9. The van der Waals surface area contributed by atoms with Crippen LogP contribution in [0, 0.1) is 0 Å². The number of hydrogen-bond donors (Lipinski definition) is 1. The predicted molar refractivity (Wildman–Crippen MR) is 39.9 cm³/mol. The van der Waals surface area contributed by atoms with Gasteiger partial charge in [-0.25, -0.2) is 4.99 Å². The van der Waals surface area contributed by atoms with Gasteiger partial charge in [0.15, 0.2) is 0 Å². The molecule has 0 rings (SSSR count). The number of nitrogens with two attached hydrogens (primary N) is 1. The summed E-state index contributed by atoms with van der Waals surface area (Å²) in [5.74, 6) is 0.361. The van der Waals surface area contributed by atoms with E-state index in [-0.39, 0.29) is 0 Å². The molecule has 2 N–H and O–H groups in total. The minimum Gasteiger partial charge on any atom is -0.383 e. The van der Waals surface area contributed by atoms with E-state index in [9.17, 15) is 0 Å². The molecule has 8 heavy (non-hydrogen) atoms. The lowest BCUT2D eigenvalue weighted by molar-refractivity contribution is 1.26. The van der Waals surface area contributed by atoms with E-state index in [1.807, 2.05) is 0 Å². The molecule has 0 atom stereocenters. The largest absolute Gasteiger partial charge is 0.383 e. The third-order valence-electron chi connectivity index (χ3n) is 0.594. The van der Waals surface area contributed by atoms with Crippen LogP contribution in [-0.2, 0) is 0 Å². The van der Waals surface area contributed by atoms with E-state index in [4.69, 9.17) is 5.73 Å². The molecule has 0 radical (unpaired) electrons. The summed E-state index contributed by atoms with van der Waals surface area (Å²) in [4.78, 5) is 3.45. The summed E-state index contributed by atoms with van der Waals surface area (Å²) in [7, 11) is 0.